The Kier molecular flexibility index (Phi) is 4.27. The van der Waals surface area contributed by atoms with E-state index in [1.807, 2.05) is 29.2 Å². The molecule has 0 spiro atoms. The van der Waals surface area contributed by atoms with Crippen LogP contribution in [0.1, 0.15) is 33.6 Å². The van der Waals surface area contributed by atoms with E-state index in [9.17, 15) is 9.59 Å². The summed E-state index contributed by atoms with van der Waals surface area (Å²) in [7, 11) is 0. The highest BCUT2D eigenvalue weighted by Gasteiger charge is 2.39. The Labute approximate surface area is 141 Å². The third kappa shape index (κ3) is 4.19. The molecule has 0 aromatic heterocycles. The molecule has 1 aliphatic carbocycles. The predicted molar refractivity (Wildman–Crippen MR) is 92.5 cm³/mol. The lowest BCUT2D eigenvalue weighted by Crippen LogP contribution is -2.35. The Balaban J connectivity index is 1.56. The molecule has 1 saturated carbocycles. The molecule has 3 amide bonds. The fourth-order valence-electron chi connectivity index (χ4n) is 2.57. The van der Waals surface area contributed by atoms with Gasteiger partial charge in [0.05, 0.1) is 6.67 Å². The second-order valence-corrected chi connectivity index (χ2v) is 9.00. The summed E-state index contributed by atoms with van der Waals surface area (Å²) in [4.78, 5) is 28.7. The van der Waals surface area contributed by atoms with Crippen LogP contribution in [0.25, 0.3) is 0 Å². The monoisotopic (exact) mass is 333 g/mol. The molecule has 0 atom stereocenters. The maximum atomic E-state index is 12.3. The first-order valence-corrected chi connectivity index (χ1v) is 8.78. The van der Waals surface area contributed by atoms with Crippen LogP contribution in [0.5, 0.6) is 0 Å². The van der Waals surface area contributed by atoms with Gasteiger partial charge in [0.1, 0.15) is 6.54 Å². The van der Waals surface area contributed by atoms with Crippen LogP contribution in [0, 0.1) is 0 Å². The number of benzene rings is 1. The molecule has 1 N–H and O–H groups in total. The van der Waals surface area contributed by atoms with Gasteiger partial charge in [0.25, 0.3) is 0 Å². The van der Waals surface area contributed by atoms with Crippen molar-refractivity contribution in [2.75, 3.05) is 18.5 Å². The Morgan fingerprint density at radius 1 is 1.22 bits per heavy atom. The first-order chi connectivity index (χ1) is 10.8. The van der Waals surface area contributed by atoms with Gasteiger partial charge in [-0.25, -0.2) is 4.79 Å². The molecule has 1 saturated heterocycles. The zero-order chi connectivity index (χ0) is 16.6. The van der Waals surface area contributed by atoms with Gasteiger partial charge in [-0.3, -0.25) is 9.69 Å². The standard InChI is InChI=1S/C17H23N3O2S/c1-17(2,3)23-14-8-4-12(5-9-14)18-16(22)19-10-15(21)20(11-19)13-6-7-13/h4-5,8-9,13H,6-7,10-11H2,1-3H3,(H,18,22). The molecule has 0 radical (unpaired) electrons. The molecule has 124 valence electrons. The molecule has 1 aliphatic heterocycles. The van der Waals surface area contributed by atoms with Crippen LogP contribution in [0.3, 0.4) is 0 Å². The lowest BCUT2D eigenvalue weighted by atomic mass is 10.3. The number of anilines is 1. The van der Waals surface area contributed by atoms with E-state index in [1.54, 1.807) is 16.7 Å². The molecule has 23 heavy (non-hydrogen) atoms. The summed E-state index contributed by atoms with van der Waals surface area (Å²) in [5.41, 5.74) is 0.755. The summed E-state index contributed by atoms with van der Waals surface area (Å²) in [5.74, 6) is 0.0552. The number of thioether (sulfide) groups is 1. The average molecular weight is 333 g/mol. The number of nitrogens with zero attached hydrogens (tertiary/aromatic N) is 2. The van der Waals surface area contributed by atoms with E-state index < -0.39 is 0 Å². The molecule has 3 rings (SSSR count). The number of amides is 3. The fourth-order valence-corrected chi connectivity index (χ4v) is 3.55. The number of hydrogen-bond acceptors (Lipinski definition) is 3. The van der Waals surface area contributed by atoms with Crippen LogP contribution in [-0.2, 0) is 4.79 Å². The first kappa shape index (κ1) is 16.2. The number of carbonyl (C=O) groups excluding carboxylic acids is 2. The second-order valence-electron chi connectivity index (χ2n) is 7.10. The van der Waals surface area contributed by atoms with Crippen LogP contribution in [0.2, 0.25) is 0 Å². The number of hydrogen-bond donors (Lipinski definition) is 1. The van der Waals surface area contributed by atoms with Crippen molar-refractivity contribution >= 4 is 29.4 Å². The minimum Gasteiger partial charge on any atom is -0.320 e. The van der Waals surface area contributed by atoms with Gasteiger partial charge in [-0.1, -0.05) is 20.8 Å². The largest absolute Gasteiger partial charge is 0.323 e. The van der Waals surface area contributed by atoms with Crippen LogP contribution in [-0.4, -0.2) is 45.7 Å². The number of urea groups is 1. The first-order valence-electron chi connectivity index (χ1n) is 7.96. The van der Waals surface area contributed by atoms with Gasteiger partial charge in [0.2, 0.25) is 5.91 Å². The van der Waals surface area contributed by atoms with Crippen LogP contribution in [0.4, 0.5) is 10.5 Å². The quantitative estimate of drug-likeness (QED) is 0.863. The van der Waals surface area contributed by atoms with Gasteiger partial charge in [-0.15, -0.1) is 11.8 Å². The Morgan fingerprint density at radius 2 is 1.87 bits per heavy atom. The minimum atomic E-state index is -0.210. The lowest BCUT2D eigenvalue weighted by Gasteiger charge is -2.19. The Bertz CT molecular complexity index is 605. The van der Waals surface area contributed by atoms with Gasteiger partial charge >= 0.3 is 6.03 Å². The SMILES string of the molecule is CC(C)(C)Sc1ccc(NC(=O)N2CC(=O)N(C3CC3)C2)cc1. The van der Waals surface area contributed by atoms with Gasteiger partial charge in [-0.2, -0.15) is 0 Å². The van der Waals surface area contributed by atoms with E-state index in [4.69, 9.17) is 0 Å². The average Bonchev–Trinajstić information content (AvgIpc) is 3.22. The molecule has 0 bridgehead atoms. The highest BCUT2D eigenvalue weighted by molar-refractivity contribution is 8.00. The number of carbonyl (C=O) groups is 2. The fraction of sp³-hybridized carbons (Fsp3) is 0.529. The number of rotatable bonds is 3. The lowest BCUT2D eigenvalue weighted by molar-refractivity contribution is -0.127. The molecule has 5 nitrogen and oxygen atoms in total. The minimum absolute atomic E-state index is 0.0552. The molecule has 2 fully saturated rings. The summed E-state index contributed by atoms with van der Waals surface area (Å²) in [5, 5.41) is 2.87. The van der Waals surface area contributed by atoms with Crippen molar-refractivity contribution < 1.29 is 9.59 Å². The maximum Gasteiger partial charge on any atom is 0.323 e. The van der Waals surface area contributed by atoms with Crippen molar-refractivity contribution in [3.8, 4) is 0 Å². The van der Waals surface area contributed by atoms with E-state index >= 15 is 0 Å². The van der Waals surface area contributed by atoms with Crippen molar-refractivity contribution in [2.24, 2.45) is 0 Å². The molecule has 0 unspecified atom stereocenters. The van der Waals surface area contributed by atoms with E-state index in [-0.39, 0.29) is 23.2 Å². The normalized spacial score (nSPS) is 18.5. The van der Waals surface area contributed by atoms with Crippen LogP contribution >= 0.6 is 11.8 Å². The summed E-state index contributed by atoms with van der Waals surface area (Å²) in [6.45, 7) is 7.10. The van der Waals surface area contributed by atoms with Crippen LogP contribution < -0.4 is 5.32 Å². The molecular weight excluding hydrogens is 310 g/mol. The van der Waals surface area contributed by atoms with Gasteiger partial charge in [-0.05, 0) is 37.1 Å². The summed E-state index contributed by atoms with van der Waals surface area (Å²) >= 11 is 1.79. The summed E-state index contributed by atoms with van der Waals surface area (Å²) < 4.78 is 0.160. The summed E-state index contributed by atoms with van der Waals surface area (Å²) in [6.07, 6.45) is 2.13. The van der Waals surface area contributed by atoms with Crippen molar-refractivity contribution in [1.29, 1.82) is 0 Å². The summed E-state index contributed by atoms with van der Waals surface area (Å²) in [6, 6.07) is 7.98. The smallest absolute Gasteiger partial charge is 0.320 e. The third-order valence-electron chi connectivity index (χ3n) is 3.77. The van der Waals surface area contributed by atoms with Crippen molar-refractivity contribution in [2.45, 2.75) is 49.3 Å². The maximum absolute atomic E-state index is 12.3. The van der Waals surface area contributed by atoms with E-state index in [1.165, 1.54) is 4.90 Å². The van der Waals surface area contributed by atoms with Gasteiger partial charge in [0, 0.05) is 21.4 Å². The molecule has 2 aliphatic rings. The molecular formula is C17H23N3O2S. The van der Waals surface area contributed by atoms with Crippen molar-refractivity contribution in [1.82, 2.24) is 9.80 Å². The highest BCUT2D eigenvalue weighted by atomic mass is 32.2. The molecule has 6 heteroatoms. The van der Waals surface area contributed by atoms with E-state index in [0.717, 1.165) is 18.5 Å². The van der Waals surface area contributed by atoms with Crippen molar-refractivity contribution in [3.05, 3.63) is 24.3 Å². The predicted octanol–water partition coefficient (Wildman–Crippen LogP) is 3.37. The zero-order valence-corrected chi connectivity index (χ0v) is 14.7. The Hall–Kier alpha value is -1.69. The second kappa shape index (κ2) is 6.07. The topological polar surface area (TPSA) is 52.7 Å². The van der Waals surface area contributed by atoms with Gasteiger partial charge in [0.15, 0.2) is 0 Å². The van der Waals surface area contributed by atoms with E-state index in [0.29, 0.717) is 12.7 Å². The van der Waals surface area contributed by atoms with Crippen molar-refractivity contribution in [3.63, 3.8) is 0 Å². The molecule has 1 aromatic rings. The Morgan fingerprint density at radius 3 is 2.43 bits per heavy atom. The van der Waals surface area contributed by atoms with E-state index in [2.05, 4.69) is 26.1 Å². The van der Waals surface area contributed by atoms with Crippen LogP contribution in [0.15, 0.2) is 29.2 Å². The molecule has 1 aromatic carbocycles. The number of nitrogens with one attached hydrogen (secondary N) is 1. The molecule has 1 heterocycles. The zero-order valence-electron chi connectivity index (χ0n) is 13.8. The highest BCUT2D eigenvalue weighted by Crippen LogP contribution is 2.32. The van der Waals surface area contributed by atoms with Gasteiger partial charge < -0.3 is 10.2 Å². The third-order valence-corrected chi connectivity index (χ3v) is 4.89.